The van der Waals surface area contributed by atoms with Gasteiger partial charge in [0, 0.05) is 54.7 Å². The summed E-state index contributed by atoms with van der Waals surface area (Å²) < 4.78 is 29.9. The van der Waals surface area contributed by atoms with E-state index in [4.69, 9.17) is 27.9 Å². The van der Waals surface area contributed by atoms with Crippen LogP contribution in [0.25, 0.3) is 0 Å². The molecule has 0 saturated carbocycles. The van der Waals surface area contributed by atoms with Gasteiger partial charge in [0.2, 0.25) is 0 Å². The molecule has 1 aromatic heterocycles. The molecule has 0 radical (unpaired) electrons. The Hall–Kier alpha value is -2.53. The summed E-state index contributed by atoms with van der Waals surface area (Å²) in [5.41, 5.74) is 0.347. The Morgan fingerprint density at radius 3 is 2.33 bits per heavy atom. The lowest BCUT2D eigenvalue weighted by Crippen LogP contribution is -2.46. The Bertz CT molecular complexity index is 1480. The van der Waals surface area contributed by atoms with Crippen LogP contribution in [0.5, 0.6) is 0 Å². The van der Waals surface area contributed by atoms with Gasteiger partial charge in [0.1, 0.15) is 0 Å². The molecule has 5 rings (SSSR count). The molecule has 39 heavy (non-hydrogen) atoms. The highest BCUT2D eigenvalue weighted by atomic mass is 35.5. The molecule has 0 spiro atoms. The van der Waals surface area contributed by atoms with Crippen LogP contribution in [-0.2, 0) is 32.4 Å². The molecule has 2 aliphatic heterocycles. The molecule has 2 aliphatic rings. The first-order chi connectivity index (χ1) is 18.4. The summed E-state index contributed by atoms with van der Waals surface area (Å²) >= 11 is 12.2. The van der Waals surface area contributed by atoms with E-state index < -0.39 is 21.2 Å². The Morgan fingerprint density at radius 1 is 1.05 bits per heavy atom. The highest BCUT2D eigenvalue weighted by molar-refractivity contribution is 7.91. The zero-order valence-electron chi connectivity index (χ0n) is 21.6. The summed E-state index contributed by atoms with van der Waals surface area (Å²) in [6.45, 7) is 2.77. The molecule has 0 aliphatic carbocycles. The third-order valence-corrected chi connectivity index (χ3v) is 9.56. The van der Waals surface area contributed by atoms with Crippen LogP contribution >= 0.6 is 23.2 Å². The SMILES string of the molecule is CO[C@]1(c2ccc(Cl)cc2)c2ccc(C(C)(O)CN3CCS(=O)(=O)CC3)cc2C(=O)N1Cc1ccc(Cl)cn1. The van der Waals surface area contributed by atoms with E-state index in [1.165, 1.54) is 6.20 Å². The monoisotopic (exact) mass is 589 g/mol. The van der Waals surface area contributed by atoms with Gasteiger partial charge < -0.3 is 9.84 Å². The average Bonchev–Trinajstić information content (AvgIpc) is 3.14. The van der Waals surface area contributed by atoms with Crippen molar-refractivity contribution < 1.29 is 23.1 Å². The highest BCUT2D eigenvalue weighted by Gasteiger charge is 2.52. The zero-order valence-corrected chi connectivity index (χ0v) is 23.9. The zero-order chi connectivity index (χ0) is 28.0. The number of benzene rings is 2. The summed E-state index contributed by atoms with van der Waals surface area (Å²) in [5.74, 6) is -0.145. The van der Waals surface area contributed by atoms with Gasteiger partial charge in [-0.1, -0.05) is 47.5 Å². The van der Waals surface area contributed by atoms with E-state index in [0.717, 1.165) is 0 Å². The number of aromatic nitrogens is 1. The van der Waals surface area contributed by atoms with Gasteiger partial charge in [0.05, 0.1) is 34.4 Å². The van der Waals surface area contributed by atoms with Crippen molar-refractivity contribution in [1.82, 2.24) is 14.8 Å². The largest absolute Gasteiger partial charge is 0.384 e. The summed E-state index contributed by atoms with van der Waals surface area (Å²) in [7, 11) is -1.49. The number of sulfone groups is 1. The van der Waals surface area contributed by atoms with Crippen LogP contribution in [-0.4, -0.2) is 72.5 Å². The quantitative estimate of drug-likeness (QED) is 0.447. The lowest BCUT2D eigenvalue weighted by atomic mass is 9.88. The molecule has 1 saturated heterocycles. The topological polar surface area (TPSA) is 100 Å². The number of halogens is 2. The smallest absolute Gasteiger partial charge is 0.257 e. The third-order valence-electron chi connectivity index (χ3n) is 7.47. The Morgan fingerprint density at radius 2 is 1.72 bits per heavy atom. The fourth-order valence-electron chi connectivity index (χ4n) is 5.39. The van der Waals surface area contributed by atoms with Crippen molar-refractivity contribution in [1.29, 1.82) is 0 Å². The molecule has 3 aromatic rings. The molecule has 1 N–H and O–H groups in total. The first kappa shape index (κ1) is 28.0. The number of amides is 1. The normalized spacial score (nSPS) is 22.5. The van der Waals surface area contributed by atoms with Crippen LogP contribution in [0.1, 0.15) is 39.7 Å². The number of hydrogen-bond acceptors (Lipinski definition) is 7. The molecule has 11 heteroatoms. The second-order valence-corrected chi connectivity index (χ2v) is 13.4. The summed E-state index contributed by atoms with van der Waals surface area (Å²) in [6.07, 6.45) is 1.53. The van der Waals surface area contributed by atoms with E-state index in [2.05, 4.69) is 4.98 Å². The molecule has 2 atom stereocenters. The fourth-order valence-corrected chi connectivity index (χ4v) is 6.91. The first-order valence-corrected chi connectivity index (χ1v) is 15.1. The standard InChI is InChI=1S/C28H29Cl2N3O5S/c1-27(35,18-32-11-13-39(36,37)14-12-32)20-5-10-25-24(15-20)26(34)33(17-23-9-8-22(30)16-31-23)28(25,38-2)19-3-6-21(29)7-4-19/h3-10,15-16,35H,11-14,17-18H2,1-2H3/t27?,28-/m1/s1. The third kappa shape index (κ3) is 5.31. The first-order valence-electron chi connectivity index (χ1n) is 12.5. The molecular weight excluding hydrogens is 561 g/mol. The number of β-amino-alcohol motifs (C(OH)–C–C–N with tert-alkyl or cyclic N) is 1. The number of aliphatic hydroxyl groups is 1. The minimum atomic E-state index is -3.04. The van der Waals surface area contributed by atoms with Crippen LogP contribution < -0.4 is 0 Å². The minimum absolute atomic E-state index is 0.0664. The summed E-state index contributed by atoms with van der Waals surface area (Å²) in [4.78, 5) is 22.0. The van der Waals surface area contributed by atoms with Gasteiger partial charge in [-0.3, -0.25) is 19.6 Å². The lowest BCUT2D eigenvalue weighted by Gasteiger charge is -2.38. The van der Waals surface area contributed by atoms with Gasteiger partial charge in [-0.25, -0.2) is 8.42 Å². The van der Waals surface area contributed by atoms with Gasteiger partial charge in [-0.2, -0.15) is 0 Å². The van der Waals surface area contributed by atoms with Gasteiger partial charge in [-0.15, -0.1) is 0 Å². The molecule has 8 nitrogen and oxygen atoms in total. The van der Waals surface area contributed by atoms with Crippen molar-refractivity contribution in [3.63, 3.8) is 0 Å². The van der Waals surface area contributed by atoms with Gasteiger partial charge in [-0.05, 0) is 42.8 Å². The van der Waals surface area contributed by atoms with Crippen molar-refractivity contribution in [3.8, 4) is 0 Å². The van der Waals surface area contributed by atoms with Crippen molar-refractivity contribution in [2.24, 2.45) is 0 Å². The Labute approximate surface area is 238 Å². The van der Waals surface area contributed by atoms with E-state index in [-0.39, 0.29) is 30.5 Å². The number of pyridine rings is 1. The second kappa shape index (κ2) is 10.5. The van der Waals surface area contributed by atoms with Crippen molar-refractivity contribution in [2.75, 3.05) is 38.2 Å². The number of carbonyl (C=O) groups is 1. The minimum Gasteiger partial charge on any atom is -0.384 e. The molecular formula is C28H29Cl2N3O5S. The molecule has 206 valence electrons. The molecule has 1 unspecified atom stereocenters. The summed E-state index contributed by atoms with van der Waals surface area (Å²) in [5, 5.41) is 12.5. The maximum Gasteiger partial charge on any atom is 0.257 e. The van der Waals surface area contributed by atoms with Gasteiger partial charge in [0.15, 0.2) is 15.6 Å². The lowest BCUT2D eigenvalue weighted by molar-refractivity contribution is -0.0868. The Kier molecular flexibility index (Phi) is 7.52. The predicted molar refractivity (Wildman–Crippen MR) is 149 cm³/mol. The average molecular weight is 591 g/mol. The number of methoxy groups -OCH3 is 1. The predicted octanol–water partition coefficient (Wildman–Crippen LogP) is 3.83. The van der Waals surface area contributed by atoms with E-state index in [1.807, 2.05) is 23.1 Å². The van der Waals surface area contributed by atoms with Crippen molar-refractivity contribution in [3.05, 3.63) is 98.8 Å². The maximum atomic E-state index is 14.0. The van der Waals surface area contributed by atoms with E-state index >= 15 is 0 Å². The fraction of sp³-hybridized carbons (Fsp3) is 0.357. The number of hydrogen-bond donors (Lipinski definition) is 1. The number of nitrogens with zero attached hydrogens (tertiary/aromatic N) is 3. The second-order valence-electron chi connectivity index (χ2n) is 10.2. The van der Waals surface area contributed by atoms with Gasteiger partial charge >= 0.3 is 0 Å². The van der Waals surface area contributed by atoms with Crippen LogP contribution in [0.4, 0.5) is 0 Å². The molecule has 1 fully saturated rings. The number of ether oxygens (including phenoxy) is 1. The highest BCUT2D eigenvalue weighted by Crippen LogP contribution is 2.46. The number of fused-ring (bicyclic) bond motifs is 1. The van der Waals surface area contributed by atoms with Crippen LogP contribution in [0, 0.1) is 0 Å². The molecule has 3 heterocycles. The van der Waals surface area contributed by atoms with Crippen LogP contribution in [0.2, 0.25) is 10.0 Å². The van der Waals surface area contributed by atoms with Crippen molar-refractivity contribution in [2.45, 2.75) is 24.8 Å². The molecule has 2 aromatic carbocycles. The Balaban J connectivity index is 1.55. The number of rotatable bonds is 7. The summed E-state index contributed by atoms with van der Waals surface area (Å²) in [6, 6.07) is 15.9. The maximum absolute atomic E-state index is 14.0. The molecule has 0 bridgehead atoms. The van der Waals surface area contributed by atoms with E-state index in [1.54, 1.807) is 55.3 Å². The van der Waals surface area contributed by atoms with E-state index in [9.17, 15) is 18.3 Å². The number of carbonyl (C=O) groups excluding carboxylic acids is 1. The van der Waals surface area contributed by atoms with Gasteiger partial charge in [0.25, 0.3) is 5.91 Å². The van der Waals surface area contributed by atoms with Crippen LogP contribution in [0.15, 0.2) is 60.8 Å². The molecule has 1 amide bonds. The van der Waals surface area contributed by atoms with Crippen LogP contribution in [0.3, 0.4) is 0 Å². The van der Waals surface area contributed by atoms with E-state index in [0.29, 0.717) is 51.1 Å². The van der Waals surface area contributed by atoms with Crippen molar-refractivity contribution >= 4 is 38.9 Å².